The van der Waals surface area contributed by atoms with E-state index >= 15 is 0 Å². The normalized spacial score (nSPS) is 22.5. The molecule has 0 radical (unpaired) electrons. The lowest BCUT2D eigenvalue weighted by Crippen LogP contribution is -2.26. The molecule has 1 aromatic heterocycles. The van der Waals surface area contributed by atoms with Gasteiger partial charge in [-0.3, -0.25) is 4.98 Å². The van der Waals surface area contributed by atoms with Crippen molar-refractivity contribution >= 4 is 10.9 Å². The molecular weight excluding hydrogens is 256 g/mol. The van der Waals surface area contributed by atoms with E-state index in [1.54, 1.807) is 0 Å². The average molecular weight is 282 g/mol. The molecule has 1 heterocycles. The SMILES string of the molecule is CCC1CCC(CNCc2ccnc3ccccc23)CC1. The van der Waals surface area contributed by atoms with Crippen molar-refractivity contribution in [3.63, 3.8) is 0 Å². The second-order valence-electron chi connectivity index (χ2n) is 6.41. The molecule has 0 spiro atoms. The van der Waals surface area contributed by atoms with E-state index in [1.165, 1.54) is 43.1 Å². The molecule has 2 nitrogen and oxygen atoms in total. The number of hydrogen-bond donors (Lipinski definition) is 1. The predicted molar refractivity (Wildman–Crippen MR) is 89.2 cm³/mol. The lowest BCUT2D eigenvalue weighted by molar-refractivity contribution is 0.262. The first kappa shape index (κ1) is 14.5. The molecule has 21 heavy (non-hydrogen) atoms. The molecule has 1 N–H and O–H groups in total. The molecule has 112 valence electrons. The van der Waals surface area contributed by atoms with Gasteiger partial charge in [0.1, 0.15) is 0 Å². The van der Waals surface area contributed by atoms with Gasteiger partial charge in [0.25, 0.3) is 0 Å². The molecule has 2 heteroatoms. The molecule has 1 saturated carbocycles. The van der Waals surface area contributed by atoms with Crippen molar-refractivity contribution in [2.45, 2.75) is 45.6 Å². The van der Waals surface area contributed by atoms with Crippen LogP contribution in [0.1, 0.15) is 44.6 Å². The zero-order valence-electron chi connectivity index (χ0n) is 13.0. The maximum atomic E-state index is 4.43. The molecule has 1 aliphatic carbocycles. The Labute approximate surface area is 128 Å². The van der Waals surface area contributed by atoms with Gasteiger partial charge in [0, 0.05) is 18.1 Å². The smallest absolute Gasteiger partial charge is 0.0705 e. The predicted octanol–water partition coefficient (Wildman–Crippen LogP) is 4.54. The van der Waals surface area contributed by atoms with Crippen LogP contribution in [0.15, 0.2) is 36.5 Å². The Morgan fingerprint density at radius 2 is 1.81 bits per heavy atom. The maximum absolute atomic E-state index is 4.43. The minimum absolute atomic E-state index is 0.876. The van der Waals surface area contributed by atoms with Crippen LogP contribution in [-0.2, 0) is 6.54 Å². The number of para-hydroxylation sites is 1. The Hall–Kier alpha value is -1.41. The van der Waals surface area contributed by atoms with Crippen LogP contribution in [0.4, 0.5) is 0 Å². The highest BCUT2D eigenvalue weighted by atomic mass is 14.9. The van der Waals surface area contributed by atoms with Gasteiger partial charge < -0.3 is 5.32 Å². The van der Waals surface area contributed by atoms with Gasteiger partial charge in [0.2, 0.25) is 0 Å². The van der Waals surface area contributed by atoms with Gasteiger partial charge in [-0.25, -0.2) is 0 Å². The number of rotatable bonds is 5. The minimum atomic E-state index is 0.876. The van der Waals surface area contributed by atoms with Crippen LogP contribution in [0.5, 0.6) is 0 Å². The van der Waals surface area contributed by atoms with Crippen molar-refractivity contribution in [1.82, 2.24) is 10.3 Å². The van der Waals surface area contributed by atoms with E-state index in [-0.39, 0.29) is 0 Å². The number of hydrogen-bond acceptors (Lipinski definition) is 2. The van der Waals surface area contributed by atoms with E-state index in [1.807, 2.05) is 6.20 Å². The molecule has 1 fully saturated rings. The summed E-state index contributed by atoms with van der Waals surface area (Å²) in [6.07, 6.45) is 8.96. The van der Waals surface area contributed by atoms with E-state index < -0.39 is 0 Å². The summed E-state index contributed by atoms with van der Waals surface area (Å²) in [4.78, 5) is 4.43. The Balaban J connectivity index is 1.53. The van der Waals surface area contributed by atoms with Crippen molar-refractivity contribution < 1.29 is 0 Å². The highest BCUT2D eigenvalue weighted by molar-refractivity contribution is 5.81. The van der Waals surface area contributed by atoms with Gasteiger partial charge in [-0.1, -0.05) is 44.4 Å². The number of nitrogens with one attached hydrogen (secondary N) is 1. The van der Waals surface area contributed by atoms with Gasteiger partial charge >= 0.3 is 0 Å². The van der Waals surface area contributed by atoms with Gasteiger partial charge in [-0.05, 0) is 48.9 Å². The lowest BCUT2D eigenvalue weighted by Gasteiger charge is -2.28. The highest BCUT2D eigenvalue weighted by Gasteiger charge is 2.19. The van der Waals surface area contributed by atoms with Crippen LogP contribution in [0.2, 0.25) is 0 Å². The number of fused-ring (bicyclic) bond motifs is 1. The van der Waals surface area contributed by atoms with E-state index in [4.69, 9.17) is 0 Å². The molecule has 1 aromatic carbocycles. The fraction of sp³-hybridized carbons (Fsp3) is 0.526. The average Bonchev–Trinajstić information content (AvgIpc) is 2.56. The lowest BCUT2D eigenvalue weighted by atomic mass is 9.81. The van der Waals surface area contributed by atoms with Crippen LogP contribution in [0.25, 0.3) is 10.9 Å². The third-order valence-electron chi connectivity index (χ3n) is 5.03. The quantitative estimate of drug-likeness (QED) is 0.870. The summed E-state index contributed by atoms with van der Waals surface area (Å²) in [6.45, 7) is 4.45. The number of nitrogens with zero attached hydrogens (tertiary/aromatic N) is 1. The first-order valence-corrected chi connectivity index (χ1v) is 8.40. The minimum Gasteiger partial charge on any atom is -0.312 e. The van der Waals surface area contributed by atoms with E-state index in [0.29, 0.717) is 0 Å². The molecule has 0 amide bonds. The summed E-state index contributed by atoms with van der Waals surface area (Å²) in [6, 6.07) is 10.6. The number of pyridine rings is 1. The molecule has 1 aliphatic rings. The van der Waals surface area contributed by atoms with Gasteiger partial charge in [0.05, 0.1) is 5.52 Å². The maximum Gasteiger partial charge on any atom is 0.0705 e. The molecule has 0 bridgehead atoms. The topological polar surface area (TPSA) is 24.9 Å². The van der Waals surface area contributed by atoms with Gasteiger partial charge in [-0.15, -0.1) is 0 Å². The Kier molecular flexibility index (Phi) is 4.87. The Morgan fingerprint density at radius 1 is 1.05 bits per heavy atom. The first-order chi connectivity index (χ1) is 10.4. The summed E-state index contributed by atoms with van der Waals surface area (Å²) >= 11 is 0. The van der Waals surface area contributed by atoms with Crippen molar-refractivity contribution in [1.29, 1.82) is 0 Å². The molecular formula is C19H26N2. The highest BCUT2D eigenvalue weighted by Crippen LogP contribution is 2.30. The third-order valence-corrected chi connectivity index (χ3v) is 5.03. The molecule has 0 aliphatic heterocycles. The van der Waals surface area contributed by atoms with Crippen LogP contribution in [0, 0.1) is 11.8 Å². The second-order valence-corrected chi connectivity index (χ2v) is 6.41. The van der Waals surface area contributed by atoms with E-state index in [2.05, 4.69) is 47.6 Å². The molecule has 0 saturated heterocycles. The van der Waals surface area contributed by atoms with Crippen LogP contribution in [-0.4, -0.2) is 11.5 Å². The molecule has 0 atom stereocenters. The zero-order chi connectivity index (χ0) is 14.5. The summed E-state index contributed by atoms with van der Waals surface area (Å²) in [7, 11) is 0. The summed E-state index contributed by atoms with van der Waals surface area (Å²) in [5.74, 6) is 1.87. The van der Waals surface area contributed by atoms with Crippen LogP contribution < -0.4 is 5.32 Å². The van der Waals surface area contributed by atoms with Gasteiger partial charge in [-0.2, -0.15) is 0 Å². The Bertz CT molecular complexity index is 565. The second kappa shape index (κ2) is 7.04. The summed E-state index contributed by atoms with van der Waals surface area (Å²) in [5.41, 5.74) is 2.46. The zero-order valence-corrected chi connectivity index (χ0v) is 13.0. The monoisotopic (exact) mass is 282 g/mol. The number of benzene rings is 1. The van der Waals surface area contributed by atoms with E-state index in [9.17, 15) is 0 Å². The van der Waals surface area contributed by atoms with Crippen molar-refractivity contribution in [2.24, 2.45) is 11.8 Å². The summed E-state index contributed by atoms with van der Waals surface area (Å²) in [5, 5.41) is 4.95. The first-order valence-electron chi connectivity index (χ1n) is 8.40. The molecule has 0 unspecified atom stereocenters. The Morgan fingerprint density at radius 3 is 2.62 bits per heavy atom. The fourth-order valence-electron chi connectivity index (χ4n) is 3.56. The molecule has 2 aromatic rings. The third kappa shape index (κ3) is 3.62. The van der Waals surface area contributed by atoms with Crippen molar-refractivity contribution in [3.05, 3.63) is 42.1 Å². The van der Waals surface area contributed by atoms with Crippen molar-refractivity contribution in [2.75, 3.05) is 6.54 Å². The van der Waals surface area contributed by atoms with Gasteiger partial charge in [0.15, 0.2) is 0 Å². The summed E-state index contributed by atoms with van der Waals surface area (Å²) < 4.78 is 0. The standard InChI is InChI=1S/C19H26N2/c1-2-15-7-9-16(10-8-15)13-20-14-17-11-12-21-19-6-4-3-5-18(17)19/h3-6,11-12,15-16,20H,2,7-10,13-14H2,1H3. The fourth-order valence-corrected chi connectivity index (χ4v) is 3.56. The van der Waals surface area contributed by atoms with Crippen LogP contribution >= 0.6 is 0 Å². The molecule has 3 rings (SSSR count). The number of aromatic nitrogens is 1. The van der Waals surface area contributed by atoms with E-state index in [0.717, 1.165) is 30.4 Å². The van der Waals surface area contributed by atoms with Crippen LogP contribution in [0.3, 0.4) is 0 Å². The largest absolute Gasteiger partial charge is 0.312 e. The van der Waals surface area contributed by atoms with Crippen molar-refractivity contribution in [3.8, 4) is 0 Å².